The van der Waals surface area contributed by atoms with E-state index in [4.69, 9.17) is 10.5 Å². The van der Waals surface area contributed by atoms with Gasteiger partial charge in [0.1, 0.15) is 0 Å². The van der Waals surface area contributed by atoms with E-state index >= 15 is 0 Å². The number of halogens is 3. The summed E-state index contributed by atoms with van der Waals surface area (Å²) in [6.07, 6.45) is -0.624. The van der Waals surface area contributed by atoms with Gasteiger partial charge in [0.2, 0.25) is 5.91 Å². The first kappa shape index (κ1) is 18.8. The van der Waals surface area contributed by atoms with Crippen LogP contribution in [0.15, 0.2) is 18.2 Å². The fraction of sp³-hybridized carbons (Fsp3) is 0.611. The molecular formula is C18H23F3N2O3. The van der Waals surface area contributed by atoms with Gasteiger partial charge < -0.3 is 20.1 Å². The molecule has 1 saturated carbocycles. The molecule has 1 unspecified atom stereocenters. The summed E-state index contributed by atoms with van der Waals surface area (Å²) in [5, 5.41) is 0. The normalized spacial score (nSPS) is 23.8. The van der Waals surface area contributed by atoms with E-state index in [2.05, 4.69) is 4.74 Å². The van der Waals surface area contributed by atoms with Crippen LogP contribution in [0.4, 0.5) is 18.9 Å². The Morgan fingerprint density at radius 1 is 1.31 bits per heavy atom. The zero-order valence-electron chi connectivity index (χ0n) is 14.6. The fourth-order valence-electron chi connectivity index (χ4n) is 4.06. The Hall–Kier alpha value is -1.96. The molecular weight excluding hydrogens is 349 g/mol. The molecule has 3 aliphatic rings. The summed E-state index contributed by atoms with van der Waals surface area (Å²) in [7, 11) is 1.40. The first-order valence-electron chi connectivity index (χ1n) is 8.73. The summed E-state index contributed by atoms with van der Waals surface area (Å²) in [5.74, 6) is -1.27. The molecule has 1 atom stereocenters. The number of amides is 1. The Balaban J connectivity index is 1.97. The van der Waals surface area contributed by atoms with Gasteiger partial charge in [-0.25, -0.2) is 0 Å². The van der Waals surface area contributed by atoms with Crippen LogP contribution < -0.4 is 15.4 Å². The third-order valence-electron chi connectivity index (χ3n) is 5.31. The molecule has 1 aliphatic carbocycles. The second-order valence-electron chi connectivity index (χ2n) is 7.01. The number of primary amides is 1. The predicted octanol–water partition coefficient (Wildman–Crippen LogP) is 3.18. The molecule has 2 N–H and O–H groups in total. The molecule has 1 amide bonds. The van der Waals surface area contributed by atoms with Gasteiger partial charge in [0.25, 0.3) is 0 Å². The summed E-state index contributed by atoms with van der Waals surface area (Å²) in [5.41, 5.74) is 6.14. The zero-order valence-corrected chi connectivity index (χ0v) is 14.6. The Morgan fingerprint density at radius 2 is 2.00 bits per heavy atom. The van der Waals surface area contributed by atoms with Crippen molar-refractivity contribution in [2.75, 3.05) is 25.2 Å². The molecule has 1 aromatic carbocycles. The number of hydrogen-bond donors (Lipinski definition) is 1. The number of benzene rings is 1. The smallest absolute Gasteiger partial charge is 0.404 e. The lowest BCUT2D eigenvalue weighted by Gasteiger charge is -2.47. The van der Waals surface area contributed by atoms with Crippen molar-refractivity contribution in [3.63, 3.8) is 0 Å². The summed E-state index contributed by atoms with van der Waals surface area (Å²) in [4.78, 5) is 13.7. The maximum Gasteiger partial charge on any atom is 0.573 e. The van der Waals surface area contributed by atoms with Gasteiger partial charge in [0.15, 0.2) is 5.75 Å². The van der Waals surface area contributed by atoms with Gasteiger partial charge in [-0.1, -0.05) is 6.07 Å². The van der Waals surface area contributed by atoms with Gasteiger partial charge >= 0.3 is 6.36 Å². The van der Waals surface area contributed by atoms with Crippen molar-refractivity contribution in [1.82, 2.24) is 0 Å². The molecule has 0 radical (unpaired) electrons. The molecule has 2 bridgehead atoms. The number of hydrogen-bond acceptors (Lipinski definition) is 4. The molecule has 3 fully saturated rings. The van der Waals surface area contributed by atoms with E-state index in [1.54, 1.807) is 12.1 Å². The van der Waals surface area contributed by atoms with Crippen LogP contribution in [-0.2, 0) is 9.53 Å². The fourth-order valence-corrected chi connectivity index (χ4v) is 4.06. The van der Waals surface area contributed by atoms with E-state index in [1.807, 2.05) is 4.90 Å². The highest BCUT2D eigenvalue weighted by Crippen LogP contribution is 2.43. The molecule has 26 heavy (non-hydrogen) atoms. The van der Waals surface area contributed by atoms with Crippen molar-refractivity contribution >= 4 is 11.6 Å². The zero-order chi connectivity index (χ0) is 18.9. The lowest BCUT2D eigenvalue weighted by molar-refractivity contribution is -0.274. The second-order valence-corrected chi connectivity index (χ2v) is 7.01. The molecule has 144 valence electrons. The van der Waals surface area contributed by atoms with Gasteiger partial charge in [-0.05, 0) is 49.3 Å². The number of piperidine rings is 2. The third kappa shape index (κ3) is 4.06. The second kappa shape index (κ2) is 7.34. The number of ether oxygens (including phenoxy) is 2. The summed E-state index contributed by atoms with van der Waals surface area (Å²) in [6.45, 7) is 0.726. The van der Waals surface area contributed by atoms with Crippen molar-refractivity contribution in [3.8, 4) is 5.75 Å². The number of methoxy groups -OCH3 is 1. The highest BCUT2D eigenvalue weighted by Gasteiger charge is 2.38. The largest absolute Gasteiger partial charge is 0.573 e. The highest BCUT2D eigenvalue weighted by atomic mass is 19.4. The predicted molar refractivity (Wildman–Crippen MR) is 90.0 cm³/mol. The van der Waals surface area contributed by atoms with Crippen LogP contribution >= 0.6 is 0 Å². The van der Waals surface area contributed by atoms with Crippen LogP contribution in [0, 0.1) is 5.92 Å². The van der Waals surface area contributed by atoms with Gasteiger partial charge in [-0.3, -0.25) is 4.79 Å². The Morgan fingerprint density at radius 3 is 2.50 bits per heavy atom. The van der Waals surface area contributed by atoms with Crippen LogP contribution in [0.5, 0.6) is 5.75 Å². The maximum atomic E-state index is 13.0. The average Bonchev–Trinajstić information content (AvgIpc) is 2.59. The van der Waals surface area contributed by atoms with E-state index in [0.29, 0.717) is 17.2 Å². The summed E-state index contributed by atoms with van der Waals surface area (Å²) >= 11 is 0. The van der Waals surface area contributed by atoms with Crippen molar-refractivity contribution in [3.05, 3.63) is 23.8 Å². The molecule has 5 nitrogen and oxygen atoms in total. The van der Waals surface area contributed by atoms with Gasteiger partial charge in [0, 0.05) is 19.7 Å². The van der Waals surface area contributed by atoms with E-state index in [-0.39, 0.29) is 18.4 Å². The lowest BCUT2D eigenvalue weighted by Crippen LogP contribution is -2.48. The first-order chi connectivity index (χ1) is 12.3. The molecule has 2 aliphatic heterocycles. The van der Waals surface area contributed by atoms with Gasteiger partial charge in [-0.2, -0.15) is 0 Å². The molecule has 1 aromatic rings. The molecule has 2 saturated heterocycles. The third-order valence-corrected chi connectivity index (χ3v) is 5.31. The minimum atomic E-state index is -4.81. The molecule has 2 heterocycles. The van der Waals surface area contributed by atoms with Crippen LogP contribution in [0.2, 0.25) is 0 Å². The van der Waals surface area contributed by atoms with Crippen molar-refractivity contribution in [2.24, 2.45) is 11.7 Å². The average molecular weight is 372 g/mol. The SMILES string of the molecule is COCC(C(N)=O)c1ccc(N2CC3CCC2CC3)c(OC(F)(F)F)c1. The van der Waals surface area contributed by atoms with Crippen molar-refractivity contribution in [1.29, 1.82) is 0 Å². The van der Waals surface area contributed by atoms with Crippen LogP contribution in [0.1, 0.15) is 37.2 Å². The topological polar surface area (TPSA) is 64.8 Å². The lowest BCUT2D eigenvalue weighted by atomic mass is 9.79. The molecule has 4 rings (SSSR count). The van der Waals surface area contributed by atoms with Crippen LogP contribution in [-0.4, -0.2) is 38.6 Å². The van der Waals surface area contributed by atoms with Crippen LogP contribution in [0.3, 0.4) is 0 Å². The molecule has 0 spiro atoms. The van der Waals surface area contributed by atoms with E-state index < -0.39 is 18.2 Å². The highest BCUT2D eigenvalue weighted by molar-refractivity contribution is 5.82. The number of fused-ring (bicyclic) bond motifs is 3. The number of anilines is 1. The number of nitrogens with two attached hydrogens (primary N) is 1. The Bertz CT molecular complexity index is 658. The number of alkyl halides is 3. The molecule has 8 heteroatoms. The van der Waals surface area contributed by atoms with Crippen LogP contribution in [0.25, 0.3) is 0 Å². The standard InChI is InChI=1S/C18H23F3N2O3/c1-25-10-14(17(22)24)12-4-7-15(16(8-12)26-18(19,20)21)23-9-11-2-5-13(23)6-3-11/h4,7-8,11,13-14H,2-3,5-6,9-10H2,1H3,(H2,22,24). The number of rotatable bonds is 6. The Kier molecular flexibility index (Phi) is 5.32. The monoisotopic (exact) mass is 372 g/mol. The van der Waals surface area contributed by atoms with Gasteiger partial charge in [-0.15, -0.1) is 13.2 Å². The number of carbonyl (C=O) groups excluding carboxylic acids is 1. The maximum absolute atomic E-state index is 13.0. The summed E-state index contributed by atoms with van der Waals surface area (Å²) in [6, 6.07) is 4.73. The Labute approximate surface area is 150 Å². The molecule has 0 aromatic heterocycles. The minimum absolute atomic E-state index is 0.00541. The first-order valence-corrected chi connectivity index (χ1v) is 8.73. The van der Waals surface area contributed by atoms with Crippen molar-refractivity contribution < 1.29 is 27.4 Å². The van der Waals surface area contributed by atoms with E-state index in [0.717, 1.165) is 32.2 Å². The summed E-state index contributed by atoms with van der Waals surface area (Å²) < 4.78 is 48.2. The number of carbonyl (C=O) groups is 1. The van der Waals surface area contributed by atoms with E-state index in [9.17, 15) is 18.0 Å². The minimum Gasteiger partial charge on any atom is -0.404 e. The van der Waals surface area contributed by atoms with Crippen molar-refractivity contribution in [2.45, 2.75) is 44.0 Å². The van der Waals surface area contributed by atoms with Gasteiger partial charge in [0.05, 0.1) is 18.2 Å². The number of nitrogens with zero attached hydrogens (tertiary/aromatic N) is 1. The van der Waals surface area contributed by atoms with E-state index in [1.165, 1.54) is 13.2 Å². The quantitative estimate of drug-likeness (QED) is 0.833.